The third-order valence-electron chi connectivity index (χ3n) is 4.95. The fourth-order valence-electron chi connectivity index (χ4n) is 3.35. The first kappa shape index (κ1) is 20.1. The molecule has 0 bridgehead atoms. The van der Waals surface area contributed by atoms with Gasteiger partial charge in [0, 0.05) is 17.5 Å². The molecule has 0 aromatic carbocycles. The number of nitrogens with one attached hydrogen (secondary N) is 1. The van der Waals surface area contributed by atoms with Crippen LogP contribution in [0.15, 0.2) is 22.6 Å². The maximum Gasteiger partial charge on any atom is 0.263 e. The van der Waals surface area contributed by atoms with Crippen molar-refractivity contribution < 1.29 is 4.79 Å². The molecule has 2 heterocycles. The van der Waals surface area contributed by atoms with Gasteiger partial charge < -0.3 is 5.32 Å². The van der Waals surface area contributed by atoms with Crippen LogP contribution in [0.25, 0.3) is 10.2 Å². The number of aromatic nitrogens is 2. The molecule has 0 saturated carbocycles. The van der Waals surface area contributed by atoms with Crippen LogP contribution in [-0.4, -0.2) is 27.3 Å². The van der Waals surface area contributed by atoms with Crippen LogP contribution in [-0.2, 0) is 24.2 Å². The van der Waals surface area contributed by atoms with Crippen molar-refractivity contribution in [2.45, 2.75) is 70.1 Å². The minimum absolute atomic E-state index is 0.00383. The van der Waals surface area contributed by atoms with E-state index >= 15 is 0 Å². The molecule has 7 heteroatoms. The minimum atomic E-state index is -0.0317. The van der Waals surface area contributed by atoms with Crippen molar-refractivity contribution in [2.75, 3.05) is 5.75 Å². The van der Waals surface area contributed by atoms with Crippen LogP contribution < -0.4 is 10.9 Å². The van der Waals surface area contributed by atoms with E-state index in [9.17, 15) is 9.59 Å². The molecule has 146 valence electrons. The average Bonchev–Trinajstić information content (AvgIpc) is 2.83. The molecule has 0 aliphatic heterocycles. The normalized spacial score (nSPS) is 15.2. The van der Waals surface area contributed by atoms with Crippen LogP contribution in [0.5, 0.6) is 0 Å². The molecule has 1 aliphatic carbocycles. The zero-order valence-corrected chi connectivity index (χ0v) is 17.7. The summed E-state index contributed by atoms with van der Waals surface area (Å²) in [5.41, 5.74) is 1.21. The number of fused-ring (bicyclic) bond motifs is 3. The summed E-state index contributed by atoms with van der Waals surface area (Å²) in [5, 5.41) is 4.34. The van der Waals surface area contributed by atoms with Crippen LogP contribution in [0.2, 0.25) is 0 Å². The van der Waals surface area contributed by atoms with Gasteiger partial charge >= 0.3 is 0 Å². The molecule has 2 aromatic heterocycles. The second-order valence-corrected chi connectivity index (χ2v) is 9.04. The SMILES string of the molecule is C=CCn1c(SCC(=O)NC(C)CC)nc2sc3c(c2c1=O)CCCCC3. The van der Waals surface area contributed by atoms with Gasteiger partial charge in [-0.2, -0.15) is 0 Å². The molecule has 0 spiro atoms. The zero-order chi connectivity index (χ0) is 19.4. The fourth-order valence-corrected chi connectivity index (χ4v) is 5.47. The largest absolute Gasteiger partial charge is 0.353 e. The molecule has 1 atom stereocenters. The second-order valence-electron chi connectivity index (χ2n) is 7.01. The molecule has 2 aromatic rings. The lowest BCUT2D eigenvalue weighted by atomic mass is 10.1. The van der Waals surface area contributed by atoms with Gasteiger partial charge in [0.1, 0.15) is 4.83 Å². The number of nitrogens with zero attached hydrogens (tertiary/aromatic N) is 2. The number of carbonyl (C=O) groups excluding carboxylic acids is 1. The van der Waals surface area contributed by atoms with Gasteiger partial charge in [-0.05, 0) is 44.6 Å². The monoisotopic (exact) mass is 405 g/mol. The maximum atomic E-state index is 13.2. The van der Waals surface area contributed by atoms with Crippen molar-refractivity contribution >= 4 is 39.2 Å². The number of hydrogen-bond donors (Lipinski definition) is 1. The highest BCUT2D eigenvalue weighted by Gasteiger charge is 2.21. The summed E-state index contributed by atoms with van der Waals surface area (Å²) in [6, 6.07) is 0.150. The molecule has 1 amide bonds. The number of allylic oxidation sites excluding steroid dienone is 1. The Morgan fingerprint density at radius 1 is 1.41 bits per heavy atom. The highest BCUT2D eigenvalue weighted by Crippen LogP contribution is 2.34. The second kappa shape index (κ2) is 9.06. The number of hydrogen-bond acceptors (Lipinski definition) is 5. The lowest BCUT2D eigenvalue weighted by molar-refractivity contribution is -0.119. The Bertz CT molecular complexity index is 901. The summed E-state index contributed by atoms with van der Waals surface area (Å²) in [7, 11) is 0. The molecule has 1 aliphatic rings. The van der Waals surface area contributed by atoms with E-state index in [4.69, 9.17) is 4.98 Å². The highest BCUT2D eigenvalue weighted by molar-refractivity contribution is 7.99. The first-order chi connectivity index (χ1) is 13.0. The summed E-state index contributed by atoms with van der Waals surface area (Å²) < 4.78 is 1.66. The van der Waals surface area contributed by atoms with Crippen LogP contribution in [0.3, 0.4) is 0 Å². The lowest BCUT2D eigenvalue weighted by Crippen LogP contribution is -2.33. The van der Waals surface area contributed by atoms with Crippen LogP contribution >= 0.6 is 23.1 Å². The van der Waals surface area contributed by atoms with E-state index in [1.807, 2.05) is 13.8 Å². The van der Waals surface area contributed by atoms with Gasteiger partial charge in [-0.3, -0.25) is 14.2 Å². The molecule has 0 fully saturated rings. The summed E-state index contributed by atoms with van der Waals surface area (Å²) >= 11 is 2.98. The van der Waals surface area contributed by atoms with Gasteiger partial charge in [0.2, 0.25) is 5.91 Å². The average molecular weight is 406 g/mol. The van der Waals surface area contributed by atoms with Crippen molar-refractivity contribution in [3.05, 3.63) is 33.4 Å². The number of rotatable bonds is 7. The number of thioether (sulfide) groups is 1. The molecule has 5 nitrogen and oxygen atoms in total. The van der Waals surface area contributed by atoms with Crippen molar-refractivity contribution in [1.29, 1.82) is 0 Å². The topological polar surface area (TPSA) is 64.0 Å². The standard InChI is InChI=1S/C20H27N3O2S2/c1-4-11-23-19(25)17-14-9-7-6-8-10-15(14)27-18(17)22-20(23)26-12-16(24)21-13(3)5-2/h4,13H,1,5-12H2,2-3H3,(H,21,24). The van der Waals surface area contributed by atoms with E-state index in [-0.39, 0.29) is 23.3 Å². The first-order valence-corrected chi connectivity index (χ1v) is 11.4. The maximum absolute atomic E-state index is 13.2. The molecule has 1 N–H and O–H groups in total. The molecule has 0 radical (unpaired) electrons. The number of thiophene rings is 1. The van der Waals surface area contributed by atoms with Gasteiger partial charge in [0.05, 0.1) is 11.1 Å². The van der Waals surface area contributed by atoms with E-state index in [1.165, 1.54) is 35.0 Å². The number of amides is 1. The Morgan fingerprint density at radius 3 is 2.93 bits per heavy atom. The predicted molar refractivity (Wildman–Crippen MR) is 114 cm³/mol. The Kier molecular flexibility index (Phi) is 6.76. The Balaban J connectivity index is 1.95. The molecule has 27 heavy (non-hydrogen) atoms. The van der Waals surface area contributed by atoms with Crippen molar-refractivity contribution in [1.82, 2.24) is 14.9 Å². The van der Waals surface area contributed by atoms with Gasteiger partial charge in [-0.25, -0.2) is 4.98 Å². The third kappa shape index (κ3) is 4.46. The fraction of sp³-hybridized carbons (Fsp3) is 0.550. The Morgan fingerprint density at radius 2 is 2.19 bits per heavy atom. The van der Waals surface area contributed by atoms with E-state index in [1.54, 1.807) is 22.0 Å². The van der Waals surface area contributed by atoms with Crippen LogP contribution in [0, 0.1) is 0 Å². The van der Waals surface area contributed by atoms with Crippen molar-refractivity contribution in [3.63, 3.8) is 0 Å². The van der Waals surface area contributed by atoms with E-state index in [0.29, 0.717) is 11.7 Å². The summed E-state index contributed by atoms with van der Waals surface area (Å²) in [6.45, 7) is 8.21. The van der Waals surface area contributed by atoms with E-state index < -0.39 is 0 Å². The molecular weight excluding hydrogens is 378 g/mol. The van der Waals surface area contributed by atoms with Crippen molar-refractivity contribution in [3.8, 4) is 0 Å². The van der Waals surface area contributed by atoms with E-state index in [2.05, 4.69) is 11.9 Å². The molecule has 0 saturated heterocycles. The quantitative estimate of drug-likeness (QED) is 0.328. The zero-order valence-electron chi connectivity index (χ0n) is 16.0. The smallest absolute Gasteiger partial charge is 0.263 e. The number of carbonyl (C=O) groups is 1. The third-order valence-corrected chi connectivity index (χ3v) is 7.12. The summed E-state index contributed by atoms with van der Waals surface area (Å²) in [6.07, 6.45) is 8.13. The Hall–Kier alpha value is -1.60. The van der Waals surface area contributed by atoms with Gasteiger partial charge in [0.15, 0.2) is 5.16 Å². The van der Waals surface area contributed by atoms with Crippen LogP contribution in [0.1, 0.15) is 50.0 Å². The highest BCUT2D eigenvalue weighted by atomic mass is 32.2. The van der Waals surface area contributed by atoms with Crippen LogP contribution in [0.4, 0.5) is 0 Å². The van der Waals surface area contributed by atoms with Gasteiger partial charge in [0.25, 0.3) is 5.56 Å². The van der Waals surface area contributed by atoms with Gasteiger partial charge in [-0.1, -0.05) is 31.2 Å². The Labute approximate surface area is 168 Å². The summed E-state index contributed by atoms with van der Waals surface area (Å²) in [4.78, 5) is 32.3. The summed E-state index contributed by atoms with van der Waals surface area (Å²) in [5.74, 6) is 0.223. The molecular formula is C20H27N3O2S2. The van der Waals surface area contributed by atoms with Gasteiger partial charge in [-0.15, -0.1) is 17.9 Å². The predicted octanol–water partition coefficient (Wildman–Crippen LogP) is 3.92. The first-order valence-electron chi connectivity index (χ1n) is 9.63. The minimum Gasteiger partial charge on any atom is -0.353 e. The number of aryl methyl sites for hydroxylation is 2. The molecule has 1 unspecified atom stereocenters. The van der Waals surface area contributed by atoms with Crippen molar-refractivity contribution in [2.24, 2.45) is 0 Å². The lowest BCUT2D eigenvalue weighted by Gasteiger charge is -2.13. The van der Waals surface area contributed by atoms with E-state index in [0.717, 1.165) is 35.9 Å². The molecule has 3 rings (SSSR count).